The Bertz CT molecular complexity index is 944. The molecule has 3 rings (SSSR count). The van der Waals surface area contributed by atoms with Crippen molar-refractivity contribution in [1.29, 1.82) is 0 Å². The fourth-order valence-corrected chi connectivity index (χ4v) is 3.53. The van der Waals surface area contributed by atoms with Crippen molar-refractivity contribution in [2.45, 2.75) is 33.8 Å². The molecule has 0 radical (unpaired) electrons. The smallest absolute Gasteiger partial charge is 0.257 e. The molecule has 0 aliphatic heterocycles. The minimum atomic E-state index is -0.267. The number of anilines is 1. The van der Waals surface area contributed by atoms with Crippen LogP contribution in [0.4, 0.5) is 5.13 Å². The van der Waals surface area contributed by atoms with Gasteiger partial charge in [0.25, 0.3) is 5.91 Å². The van der Waals surface area contributed by atoms with Gasteiger partial charge in [0.05, 0.1) is 6.61 Å². The molecule has 2 heterocycles. The number of ether oxygens (including phenoxy) is 2. The number of carbonyl (C=O) groups is 1. The van der Waals surface area contributed by atoms with Crippen LogP contribution >= 0.6 is 11.3 Å². The molecule has 0 saturated carbocycles. The van der Waals surface area contributed by atoms with Crippen molar-refractivity contribution in [3.63, 3.8) is 0 Å². The predicted molar refractivity (Wildman–Crippen MR) is 113 cm³/mol. The summed E-state index contributed by atoms with van der Waals surface area (Å²) in [5.74, 6) is 1.31. The van der Waals surface area contributed by atoms with Crippen LogP contribution in [0.25, 0.3) is 0 Å². The van der Waals surface area contributed by atoms with Crippen LogP contribution in [0.3, 0.4) is 0 Å². The van der Waals surface area contributed by atoms with Gasteiger partial charge in [-0.2, -0.15) is 0 Å². The molecular weight excluding hydrogens is 388 g/mol. The predicted octanol–water partition coefficient (Wildman–Crippen LogP) is 4.36. The number of carbonyl (C=O) groups excluding carboxylic acids is 1. The number of nitrogens with one attached hydrogen (secondary N) is 1. The molecule has 0 atom stereocenters. The molecule has 3 aromatic rings. The quantitative estimate of drug-likeness (QED) is 0.562. The fraction of sp³-hybridized carbons (Fsp3) is 0.333. The molecule has 2 aromatic heterocycles. The van der Waals surface area contributed by atoms with E-state index >= 15 is 0 Å². The standard InChI is InChI=1S/C21H24N4O3S/c1-4-27-18-11-16(7-8-17(18)28-13-15-6-5-9-22-12-15)20(26)23-21-25-24-19(29-21)10-14(2)3/h5-9,11-12,14H,4,10,13H2,1-3H3,(H,23,25,26). The van der Waals surface area contributed by atoms with Gasteiger partial charge >= 0.3 is 0 Å². The van der Waals surface area contributed by atoms with Crippen molar-refractivity contribution in [2.75, 3.05) is 11.9 Å². The Balaban J connectivity index is 1.69. The Morgan fingerprint density at radius 1 is 1.17 bits per heavy atom. The molecule has 152 valence electrons. The number of hydrogen-bond donors (Lipinski definition) is 1. The van der Waals surface area contributed by atoms with E-state index < -0.39 is 0 Å². The first kappa shape index (κ1) is 20.7. The number of pyridine rings is 1. The van der Waals surface area contributed by atoms with E-state index in [-0.39, 0.29) is 5.91 Å². The normalized spacial score (nSPS) is 10.8. The molecule has 0 aliphatic carbocycles. The van der Waals surface area contributed by atoms with Crippen molar-refractivity contribution in [1.82, 2.24) is 15.2 Å². The van der Waals surface area contributed by atoms with Crippen molar-refractivity contribution in [2.24, 2.45) is 5.92 Å². The zero-order valence-electron chi connectivity index (χ0n) is 16.7. The van der Waals surface area contributed by atoms with Gasteiger partial charge in [-0.15, -0.1) is 10.2 Å². The maximum absolute atomic E-state index is 12.6. The van der Waals surface area contributed by atoms with Crippen molar-refractivity contribution < 1.29 is 14.3 Å². The van der Waals surface area contributed by atoms with E-state index in [4.69, 9.17) is 9.47 Å². The van der Waals surface area contributed by atoms with Crippen LogP contribution < -0.4 is 14.8 Å². The summed E-state index contributed by atoms with van der Waals surface area (Å²) in [6.45, 7) is 6.95. The zero-order valence-corrected chi connectivity index (χ0v) is 17.5. The lowest BCUT2D eigenvalue weighted by atomic mass is 10.1. The minimum Gasteiger partial charge on any atom is -0.490 e. The Morgan fingerprint density at radius 3 is 2.76 bits per heavy atom. The lowest BCUT2D eigenvalue weighted by molar-refractivity contribution is 0.102. The van der Waals surface area contributed by atoms with E-state index in [9.17, 15) is 4.79 Å². The van der Waals surface area contributed by atoms with Crippen LogP contribution in [0.1, 0.15) is 41.7 Å². The Hall–Kier alpha value is -3.00. The van der Waals surface area contributed by atoms with Crippen LogP contribution in [-0.2, 0) is 13.0 Å². The van der Waals surface area contributed by atoms with Crippen molar-refractivity contribution in [3.05, 3.63) is 58.9 Å². The van der Waals surface area contributed by atoms with Gasteiger partial charge in [-0.1, -0.05) is 31.3 Å². The largest absolute Gasteiger partial charge is 0.490 e. The molecule has 1 aromatic carbocycles. The number of aromatic nitrogens is 3. The van der Waals surface area contributed by atoms with E-state index in [1.807, 2.05) is 19.1 Å². The number of benzene rings is 1. The third kappa shape index (κ3) is 5.99. The highest BCUT2D eigenvalue weighted by molar-refractivity contribution is 7.15. The van der Waals surface area contributed by atoms with Gasteiger partial charge in [0.15, 0.2) is 11.5 Å². The molecule has 0 fully saturated rings. The Morgan fingerprint density at radius 2 is 2.03 bits per heavy atom. The topological polar surface area (TPSA) is 86.2 Å². The second-order valence-electron chi connectivity index (χ2n) is 6.80. The molecule has 0 bridgehead atoms. The lowest BCUT2D eigenvalue weighted by Crippen LogP contribution is -2.12. The highest BCUT2D eigenvalue weighted by Crippen LogP contribution is 2.30. The van der Waals surface area contributed by atoms with Gasteiger partial charge in [-0.05, 0) is 37.1 Å². The van der Waals surface area contributed by atoms with E-state index in [2.05, 4.69) is 34.3 Å². The molecule has 0 unspecified atom stereocenters. The highest BCUT2D eigenvalue weighted by atomic mass is 32.1. The highest BCUT2D eigenvalue weighted by Gasteiger charge is 2.14. The van der Waals surface area contributed by atoms with Gasteiger partial charge in [-0.3, -0.25) is 15.1 Å². The van der Waals surface area contributed by atoms with Crippen LogP contribution in [0.5, 0.6) is 11.5 Å². The molecule has 8 heteroatoms. The molecule has 1 N–H and O–H groups in total. The summed E-state index contributed by atoms with van der Waals surface area (Å²) < 4.78 is 11.5. The molecule has 0 aliphatic rings. The third-order valence-corrected chi connectivity index (χ3v) is 4.75. The first-order valence-corrected chi connectivity index (χ1v) is 10.3. The van der Waals surface area contributed by atoms with E-state index in [1.54, 1.807) is 30.6 Å². The summed E-state index contributed by atoms with van der Waals surface area (Å²) >= 11 is 1.39. The summed E-state index contributed by atoms with van der Waals surface area (Å²) in [6.07, 6.45) is 4.30. The number of nitrogens with zero attached hydrogens (tertiary/aromatic N) is 3. The average molecular weight is 413 g/mol. The fourth-order valence-electron chi connectivity index (χ4n) is 2.59. The molecule has 29 heavy (non-hydrogen) atoms. The van der Waals surface area contributed by atoms with Crippen molar-refractivity contribution >= 4 is 22.4 Å². The van der Waals surface area contributed by atoms with Crippen molar-refractivity contribution in [3.8, 4) is 11.5 Å². The number of hydrogen-bond acceptors (Lipinski definition) is 7. The number of amides is 1. The Kier molecular flexibility index (Phi) is 7.13. The minimum absolute atomic E-state index is 0.267. The van der Waals surface area contributed by atoms with Gasteiger partial charge in [0.2, 0.25) is 5.13 Å². The first-order valence-electron chi connectivity index (χ1n) is 9.47. The summed E-state index contributed by atoms with van der Waals surface area (Å²) in [5.41, 5.74) is 1.41. The third-order valence-electron chi connectivity index (χ3n) is 3.89. The average Bonchev–Trinajstić information content (AvgIpc) is 3.14. The van der Waals surface area contributed by atoms with Gasteiger partial charge < -0.3 is 9.47 Å². The van der Waals surface area contributed by atoms with Crippen LogP contribution in [0.2, 0.25) is 0 Å². The summed E-state index contributed by atoms with van der Waals surface area (Å²) in [5, 5.41) is 12.4. The maximum Gasteiger partial charge on any atom is 0.257 e. The number of rotatable bonds is 9. The monoisotopic (exact) mass is 412 g/mol. The summed E-state index contributed by atoms with van der Waals surface area (Å²) in [4.78, 5) is 16.7. The van der Waals surface area contributed by atoms with Crippen LogP contribution in [0.15, 0.2) is 42.7 Å². The second-order valence-corrected chi connectivity index (χ2v) is 7.86. The van der Waals surface area contributed by atoms with Gasteiger partial charge in [0.1, 0.15) is 11.6 Å². The van der Waals surface area contributed by atoms with E-state index in [1.165, 1.54) is 11.3 Å². The second kappa shape index (κ2) is 9.97. The van der Waals surface area contributed by atoms with Crippen LogP contribution in [0, 0.1) is 5.92 Å². The lowest BCUT2D eigenvalue weighted by Gasteiger charge is -2.13. The van der Waals surface area contributed by atoms with Gasteiger partial charge in [0, 0.05) is 29.9 Å². The molecule has 1 amide bonds. The summed E-state index contributed by atoms with van der Waals surface area (Å²) in [7, 11) is 0. The SMILES string of the molecule is CCOc1cc(C(=O)Nc2nnc(CC(C)C)s2)ccc1OCc1cccnc1. The molecule has 7 nitrogen and oxygen atoms in total. The molecule has 0 spiro atoms. The van der Waals surface area contributed by atoms with E-state index in [0.717, 1.165) is 17.0 Å². The van der Waals surface area contributed by atoms with E-state index in [0.29, 0.717) is 41.3 Å². The van der Waals surface area contributed by atoms with Gasteiger partial charge in [-0.25, -0.2) is 0 Å². The molecular formula is C21H24N4O3S. The molecule has 0 saturated heterocycles. The maximum atomic E-state index is 12.6. The first-order chi connectivity index (χ1) is 14.0. The summed E-state index contributed by atoms with van der Waals surface area (Å²) in [6, 6.07) is 8.90. The zero-order chi connectivity index (χ0) is 20.6. The van der Waals surface area contributed by atoms with Crippen LogP contribution in [-0.4, -0.2) is 27.7 Å². The Labute approximate surface area is 174 Å².